The van der Waals surface area contributed by atoms with Crippen LogP contribution in [0.4, 0.5) is 0 Å². The van der Waals surface area contributed by atoms with Crippen LogP contribution in [0.25, 0.3) is 0 Å². The van der Waals surface area contributed by atoms with Crippen molar-refractivity contribution in [2.45, 2.75) is 25.9 Å². The van der Waals surface area contributed by atoms with Gasteiger partial charge in [0.1, 0.15) is 0 Å². The summed E-state index contributed by atoms with van der Waals surface area (Å²) < 4.78 is 0. The molecule has 0 radical (unpaired) electrons. The molecule has 0 saturated carbocycles. The van der Waals surface area contributed by atoms with Gasteiger partial charge in [-0.1, -0.05) is 6.08 Å². The van der Waals surface area contributed by atoms with E-state index in [1.54, 1.807) is 0 Å². The maximum atomic E-state index is 3.75. The van der Waals surface area contributed by atoms with Crippen molar-refractivity contribution in [3.63, 3.8) is 0 Å². The predicted molar refractivity (Wildman–Crippen MR) is 48.7 cm³/mol. The Morgan fingerprint density at radius 1 is 1.64 bits per heavy atom. The lowest BCUT2D eigenvalue weighted by molar-refractivity contribution is 0.163. The van der Waals surface area contributed by atoms with Crippen molar-refractivity contribution in [2.75, 3.05) is 19.6 Å². The lowest BCUT2D eigenvalue weighted by Crippen LogP contribution is -2.54. The molecule has 2 nitrogen and oxygen atoms in total. The highest BCUT2D eigenvalue weighted by molar-refractivity contribution is 4.85. The Kier molecular flexibility index (Phi) is 3.09. The zero-order valence-corrected chi connectivity index (χ0v) is 7.51. The minimum atomic E-state index is 0.631. The second-order valence-corrected chi connectivity index (χ2v) is 3.40. The van der Waals surface area contributed by atoms with Crippen molar-refractivity contribution in [3.05, 3.63) is 12.7 Å². The van der Waals surface area contributed by atoms with E-state index >= 15 is 0 Å². The lowest BCUT2D eigenvalue weighted by Gasteiger charge is -2.36. The van der Waals surface area contributed by atoms with Crippen molar-refractivity contribution in [3.8, 4) is 0 Å². The molecule has 64 valence electrons. The van der Waals surface area contributed by atoms with Gasteiger partial charge in [0.2, 0.25) is 0 Å². The van der Waals surface area contributed by atoms with Gasteiger partial charge in [0.05, 0.1) is 0 Å². The van der Waals surface area contributed by atoms with E-state index in [1.807, 2.05) is 6.08 Å². The highest BCUT2D eigenvalue weighted by Gasteiger charge is 2.20. The first kappa shape index (κ1) is 8.75. The van der Waals surface area contributed by atoms with Gasteiger partial charge in [-0.2, -0.15) is 0 Å². The SMILES string of the molecule is C=CCN1C[C@H](C)NCC1C. The molecular formula is C9H18N2. The first-order valence-electron chi connectivity index (χ1n) is 4.32. The smallest absolute Gasteiger partial charge is 0.0196 e. The van der Waals surface area contributed by atoms with Crippen LogP contribution >= 0.6 is 0 Å². The lowest BCUT2D eigenvalue weighted by atomic mass is 10.1. The molecule has 2 heteroatoms. The maximum Gasteiger partial charge on any atom is 0.0196 e. The number of nitrogens with zero attached hydrogens (tertiary/aromatic N) is 1. The van der Waals surface area contributed by atoms with Gasteiger partial charge in [0, 0.05) is 31.7 Å². The fraction of sp³-hybridized carbons (Fsp3) is 0.778. The minimum absolute atomic E-state index is 0.631. The van der Waals surface area contributed by atoms with Crippen molar-refractivity contribution >= 4 is 0 Å². The third-order valence-electron chi connectivity index (χ3n) is 2.26. The van der Waals surface area contributed by atoms with Gasteiger partial charge < -0.3 is 5.32 Å². The van der Waals surface area contributed by atoms with E-state index in [4.69, 9.17) is 0 Å². The van der Waals surface area contributed by atoms with Gasteiger partial charge >= 0.3 is 0 Å². The van der Waals surface area contributed by atoms with Crippen molar-refractivity contribution in [1.29, 1.82) is 0 Å². The summed E-state index contributed by atoms with van der Waals surface area (Å²) in [6.07, 6.45) is 1.98. The van der Waals surface area contributed by atoms with Gasteiger partial charge in [-0.05, 0) is 13.8 Å². The molecule has 0 aromatic carbocycles. The third kappa shape index (κ3) is 2.31. The molecule has 0 aromatic rings. The number of nitrogens with one attached hydrogen (secondary N) is 1. The van der Waals surface area contributed by atoms with Crippen molar-refractivity contribution in [1.82, 2.24) is 10.2 Å². The predicted octanol–water partition coefficient (Wildman–Crippen LogP) is 0.855. The molecule has 1 saturated heterocycles. The summed E-state index contributed by atoms with van der Waals surface area (Å²) in [4.78, 5) is 2.45. The largest absolute Gasteiger partial charge is 0.311 e. The van der Waals surface area contributed by atoms with Crippen LogP contribution < -0.4 is 5.32 Å². The molecule has 11 heavy (non-hydrogen) atoms. The monoisotopic (exact) mass is 154 g/mol. The normalized spacial score (nSPS) is 33.6. The quantitative estimate of drug-likeness (QED) is 0.593. The summed E-state index contributed by atoms with van der Waals surface area (Å²) in [7, 11) is 0. The standard InChI is InChI=1S/C9H18N2/c1-4-5-11-7-8(2)10-6-9(11)3/h4,8-10H,1,5-7H2,2-3H3/t8-,9?/m0/s1. The molecule has 0 amide bonds. The van der Waals surface area contributed by atoms with Crippen LogP contribution in [0.2, 0.25) is 0 Å². The molecule has 1 unspecified atom stereocenters. The van der Waals surface area contributed by atoms with E-state index in [-0.39, 0.29) is 0 Å². The zero-order chi connectivity index (χ0) is 8.27. The molecule has 1 aliphatic rings. The van der Waals surface area contributed by atoms with Crippen molar-refractivity contribution < 1.29 is 0 Å². The molecule has 1 N–H and O–H groups in total. The number of hydrogen-bond donors (Lipinski definition) is 1. The molecule has 1 rings (SSSR count). The fourth-order valence-corrected chi connectivity index (χ4v) is 1.52. The van der Waals surface area contributed by atoms with Crippen LogP contribution in [0.3, 0.4) is 0 Å². The first-order chi connectivity index (χ1) is 5.24. The summed E-state index contributed by atoms with van der Waals surface area (Å²) in [5.74, 6) is 0. The summed E-state index contributed by atoms with van der Waals surface area (Å²) >= 11 is 0. The molecular weight excluding hydrogens is 136 g/mol. The molecule has 0 bridgehead atoms. The highest BCUT2D eigenvalue weighted by atomic mass is 15.2. The van der Waals surface area contributed by atoms with E-state index in [0.29, 0.717) is 12.1 Å². The second kappa shape index (κ2) is 3.88. The molecule has 1 aliphatic heterocycles. The molecule has 1 heterocycles. The van der Waals surface area contributed by atoms with Gasteiger partial charge in [-0.25, -0.2) is 0 Å². The summed E-state index contributed by atoms with van der Waals surface area (Å²) in [5, 5.41) is 3.44. The van der Waals surface area contributed by atoms with Gasteiger partial charge in [-0.15, -0.1) is 6.58 Å². The Hall–Kier alpha value is -0.340. The highest BCUT2D eigenvalue weighted by Crippen LogP contribution is 2.05. The van der Waals surface area contributed by atoms with E-state index < -0.39 is 0 Å². The van der Waals surface area contributed by atoms with Crippen LogP contribution in [0, 0.1) is 0 Å². The van der Waals surface area contributed by atoms with E-state index in [1.165, 1.54) is 0 Å². The van der Waals surface area contributed by atoms with E-state index in [9.17, 15) is 0 Å². The Labute approximate surface area is 69.3 Å². The van der Waals surface area contributed by atoms with Gasteiger partial charge in [-0.3, -0.25) is 4.90 Å². The zero-order valence-electron chi connectivity index (χ0n) is 7.51. The Morgan fingerprint density at radius 2 is 2.36 bits per heavy atom. The van der Waals surface area contributed by atoms with Crippen LogP contribution in [0.1, 0.15) is 13.8 Å². The van der Waals surface area contributed by atoms with Gasteiger partial charge in [0.15, 0.2) is 0 Å². The number of rotatable bonds is 2. The van der Waals surface area contributed by atoms with Crippen LogP contribution in [0.5, 0.6) is 0 Å². The first-order valence-corrected chi connectivity index (χ1v) is 4.32. The molecule has 1 fully saturated rings. The number of hydrogen-bond acceptors (Lipinski definition) is 2. The molecule has 0 spiro atoms. The number of piperazine rings is 1. The Bertz CT molecular complexity index is 134. The van der Waals surface area contributed by atoms with Gasteiger partial charge in [0.25, 0.3) is 0 Å². The van der Waals surface area contributed by atoms with Crippen LogP contribution in [-0.2, 0) is 0 Å². The average Bonchev–Trinajstić information content (AvgIpc) is 1.98. The van der Waals surface area contributed by atoms with E-state index in [2.05, 4.69) is 30.6 Å². The molecule has 0 aliphatic carbocycles. The summed E-state index contributed by atoms with van der Waals surface area (Å²) in [6.45, 7) is 11.5. The summed E-state index contributed by atoms with van der Waals surface area (Å²) in [6, 6.07) is 1.29. The summed E-state index contributed by atoms with van der Waals surface area (Å²) in [5.41, 5.74) is 0. The topological polar surface area (TPSA) is 15.3 Å². The Morgan fingerprint density at radius 3 is 3.00 bits per heavy atom. The Balaban J connectivity index is 2.40. The average molecular weight is 154 g/mol. The van der Waals surface area contributed by atoms with Crippen LogP contribution in [-0.4, -0.2) is 36.6 Å². The van der Waals surface area contributed by atoms with E-state index in [0.717, 1.165) is 19.6 Å². The van der Waals surface area contributed by atoms with Crippen LogP contribution in [0.15, 0.2) is 12.7 Å². The third-order valence-corrected chi connectivity index (χ3v) is 2.26. The maximum absolute atomic E-state index is 3.75. The molecule has 2 atom stereocenters. The van der Waals surface area contributed by atoms with Crippen molar-refractivity contribution in [2.24, 2.45) is 0 Å². The minimum Gasteiger partial charge on any atom is -0.311 e. The fourth-order valence-electron chi connectivity index (χ4n) is 1.52. The molecule has 0 aromatic heterocycles. The second-order valence-electron chi connectivity index (χ2n) is 3.40.